The molecule has 0 aliphatic carbocycles. The van der Waals surface area contributed by atoms with Gasteiger partial charge in [-0.05, 0) is 23.8 Å². The van der Waals surface area contributed by atoms with Gasteiger partial charge in [-0.1, -0.05) is 30.3 Å². The number of benzene rings is 2. The quantitative estimate of drug-likeness (QED) is 0.654. The van der Waals surface area contributed by atoms with Crippen LogP contribution in [0.2, 0.25) is 0 Å². The number of para-hydroxylation sites is 2. The van der Waals surface area contributed by atoms with Crippen molar-refractivity contribution >= 4 is 28.4 Å². The van der Waals surface area contributed by atoms with E-state index < -0.39 is 5.54 Å². The van der Waals surface area contributed by atoms with Crippen LogP contribution in [0, 0.1) is 0 Å². The molecule has 2 aliphatic heterocycles. The number of nitrogens with zero attached hydrogens (tertiary/aromatic N) is 1. The van der Waals surface area contributed by atoms with Gasteiger partial charge in [-0.25, -0.2) is 4.90 Å². The lowest BCUT2D eigenvalue weighted by Crippen LogP contribution is -2.99. The molecule has 0 saturated heterocycles. The number of carbonyl (C=O) groups excluding carboxylic acids is 2. The fraction of sp³-hybridized carbons (Fsp3) is 0.200. The smallest absolute Gasteiger partial charge is 0.306 e. The SMILES string of the molecule is CC(=O)N1C(=O)[C@]2([NH2+]CCc3c2[nH]c2ccccc32)c2ccccc21. The molecule has 0 radical (unpaired) electrons. The van der Waals surface area contributed by atoms with Gasteiger partial charge in [0.05, 0.1) is 23.5 Å². The summed E-state index contributed by atoms with van der Waals surface area (Å²) in [7, 11) is 0. The topological polar surface area (TPSA) is 69.8 Å². The largest absolute Gasteiger partial charge is 0.352 e. The van der Waals surface area contributed by atoms with Crippen LogP contribution in [-0.4, -0.2) is 23.3 Å². The molecule has 3 heterocycles. The third-order valence-electron chi connectivity index (χ3n) is 5.48. The maximum Gasteiger partial charge on any atom is 0.306 e. The summed E-state index contributed by atoms with van der Waals surface area (Å²) in [5.41, 5.74) is 3.83. The first-order valence-corrected chi connectivity index (χ1v) is 8.53. The molecule has 0 fully saturated rings. The number of aromatic amines is 1. The molecule has 25 heavy (non-hydrogen) atoms. The Morgan fingerprint density at radius 3 is 2.76 bits per heavy atom. The minimum atomic E-state index is -0.894. The van der Waals surface area contributed by atoms with Crippen LogP contribution in [-0.2, 0) is 21.5 Å². The lowest BCUT2D eigenvalue weighted by atomic mass is 9.82. The van der Waals surface area contributed by atoms with Gasteiger partial charge in [-0.2, -0.15) is 0 Å². The number of quaternary nitrogens is 1. The summed E-state index contributed by atoms with van der Waals surface area (Å²) in [6.45, 7) is 2.25. The number of aromatic nitrogens is 1. The predicted octanol–water partition coefficient (Wildman–Crippen LogP) is 1.42. The fourth-order valence-corrected chi connectivity index (χ4v) is 4.49. The summed E-state index contributed by atoms with van der Waals surface area (Å²) < 4.78 is 0. The number of hydrogen-bond acceptors (Lipinski definition) is 2. The molecule has 0 bridgehead atoms. The Balaban J connectivity index is 1.86. The molecule has 2 amide bonds. The van der Waals surface area contributed by atoms with Crippen molar-refractivity contribution in [3.05, 3.63) is 65.4 Å². The Morgan fingerprint density at radius 2 is 1.92 bits per heavy atom. The monoisotopic (exact) mass is 332 g/mol. The molecule has 3 aromatic rings. The highest BCUT2D eigenvalue weighted by molar-refractivity contribution is 6.22. The fourth-order valence-electron chi connectivity index (χ4n) is 4.49. The number of amides is 2. The van der Waals surface area contributed by atoms with Crippen LogP contribution < -0.4 is 10.2 Å². The van der Waals surface area contributed by atoms with E-state index in [0.29, 0.717) is 5.69 Å². The molecule has 1 aromatic heterocycles. The van der Waals surface area contributed by atoms with Crippen molar-refractivity contribution in [2.24, 2.45) is 0 Å². The van der Waals surface area contributed by atoms with E-state index in [-0.39, 0.29) is 11.8 Å². The number of rotatable bonds is 0. The molecule has 3 N–H and O–H groups in total. The Kier molecular flexibility index (Phi) is 2.77. The molecule has 1 atom stereocenters. The summed E-state index contributed by atoms with van der Waals surface area (Å²) in [5.74, 6) is -0.417. The minimum Gasteiger partial charge on any atom is -0.352 e. The second-order valence-corrected chi connectivity index (χ2v) is 6.75. The van der Waals surface area contributed by atoms with Crippen LogP contribution in [0.5, 0.6) is 0 Å². The van der Waals surface area contributed by atoms with Crippen molar-refractivity contribution < 1.29 is 14.9 Å². The van der Waals surface area contributed by atoms with E-state index in [0.717, 1.165) is 35.1 Å². The first-order valence-electron chi connectivity index (χ1n) is 8.53. The zero-order valence-corrected chi connectivity index (χ0v) is 13.9. The van der Waals surface area contributed by atoms with Gasteiger partial charge in [0.1, 0.15) is 0 Å². The van der Waals surface area contributed by atoms with Gasteiger partial charge in [0.2, 0.25) is 11.4 Å². The molecule has 5 heteroatoms. The van der Waals surface area contributed by atoms with Crippen molar-refractivity contribution in [3.63, 3.8) is 0 Å². The Labute approximate surface area is 144 Å². The summed E-state index contributed by atoms with van der Waals surface area (Å²) in [6.07, 6.45) is 0.899. The van der Waals surface area contributed by atoms with Crippen LogP contribution in [0.1, 0.15) is 23.7 Å². The van der Waals surface area contributed by atoms with Crippen LogP contribution in [0.3, 0.4) is 0 Å². The molecule has 5 nitrogen and oxygen atoms in total. The van der Waals surface area contributed by atoms with Gasteiger partial charge in [0, 0.05) is 24.2 Å². The standard InChI is InChI=1S/C20H17N3O2/c1-12(24)23-17-9-5-3-7-15(17)20(19(23)25)18-14(10-11-21-20)13-6-2-4-8-16(13)22-18/h2-9,21-22H,10-11H2,1H3/p+1/t20-/m0/s1. The number of hydrogen-bond donors (Lipinski definition) is 2. The molecule has 2 aliphatic rings. The van der Waals surface area contributed by atoms with Crippen molar-refractivity contribution in [2.75, 3.05) is 11.4 Å². The van der Waals surface area contributed by atoms with Crippen LogP contribution >= 0.6 is 0 Å². The van der Waals surface area contributed by atoms with E-state index in [4.69, 9.17) is 0 Å². The van der Waals surface area contributed by atoms with Crippen molar-refractivity contribution in [1.82, 2.24) is 4.98 Å². The molecule has 5 rings (SSSR count). The van der Waals surface area contributed by atoms with E-state index in [1.165, 1.54) is 17.4 Å². The lowest BCUT2D eigenvalue weighted by molar-refractivity contribution is -0.714. The maximum atomic E-state index is 13.5. The summed E-state index contributed by atoms with van der Waals surface area (Å²) in [6, 6.07) is 15.8. The van der Waals surface area contributed by atoms with Gasteiger partial charge in [-0.3, -0.25) is 9.59 Å². The number of imide groups is 1. The third kappa shape index (κ3) is 1.66. The average Bonchev–Trinajstić information content (AvgIpc) is 3.11. The summed E-state index contributed by atoms with van der Waals surface area (Å²) in [5, 5.41) is 3.24. The van der Waals surface area contributed by atoms with Gasteiger partial charge < -0.3 is 10.3 Å². The zero-order valence-electron chi connectivity index (χ0n) is 13.9. The predicted molar refractivity (Wildman–Crippen MR) is 94.2 cm³/mol. The van der Waals surface area contributed by atoms with E-state index in [1.807, 2.05) is 42.5 Å². The highest BCUT2D eigenvalue weighted by atomic mass is 16.2. The second-order valence-electron chi connectivity index (χ2n) is 6.75. The molecule has 0 saturated carbocycles. The molecule has 1 spiro atoms. The van der Waals surface area contributed by atoms with E-state index in [2.05, 4.69) is 16.4 Å². The van der Waals surface area contributed by atoms with Crippen LogP contribution in [0.4, 0.5) is 5.69 Å². The van der Waals surface area contributed by atoms with Gasteiger partial charge in [0.15, 0.2) is 0 Å². The summed E-state index contributed by atoms with van der Waals surface area (Å²) >= 11 is 0. The van der Waals surface area contributed by atoms with Gasteiger partial charge in [0.25, 0.3) is 0 Å². The minimum absolute atomic E-state index is 0.172. The Hall–Kier alpha value is -2.92. The first-order chi connectivity index (χ1) is 12.1. The molecular formula is C20H18N3O2+. The van der Waals surface area contributed by atoms with Gasteiger partial charge in [-0.15, -0.1) is 0 Å². The number of nitrogens with two attached hydrogens (primary N) is 1. The highest BCUT2D eigenvalue weighted by Gasteiger charge is 2.60. The van der Waals surface area contributed by atoms with E-state index >= 15 is 0 Å². The number of fused-ring (bicyclic) bond motifs is 6. The number of anilines is 1. The first kappa shape index (κ1) is 14.4. The number of nitrogens with one attached hydrogen (secondary N) is 1. The maximum absolute atomic E-state index is 13.5. The molecule has 0 unspecified atom stereocenters. The Bertz CT molecular complexity index is 1050. The second kappa shape index (κ2) is 4.80. The normalized spacial score (nSPS) is 21.6. The lowest BCUT2D eigenvalue weighted by Gasteiger charge is -2.30. The third-order valence-corrected chi connectivity index (χ3v) is 5.48. The Morgan fingerprint density at radius 1 is 1.16 bits per heavy atom. The molecule has 124 valence electrons. The van der Waals surface area contributed by atoms with Gasteiger partial charge >= 0.3 is 5.91 Å². The van der Waals surface area contributed by atoms with Crippen molar-refractivity contribution in [3.8, 4) is 0 Å². The van der Waals surface area contributed by atoms with Crippen molar-refractivity contribution in [1.29, 1.82) is 0 Å². The molecule has 2 aromatic carbocycles. The number of H-pyrrole nitrogens is 1. The van der Waals surface area contributed by atoms with Crippen LogP contribution in [0.25, 0.3) is 10.9 Å². The zero-order chi connectivity index (χ0) is 17.2. The van der Waals surface area contributed by atoms with Crippen molar-refractivity contribution in [2.45, 2.75) is 18.9 Å². The summed E-state index contributed by atoms with van der Waals surface area (Å²) in [4.78, 5) is 30.5. The highest BCUT2D eigenvalue weighted by Crippen LogP contribution is 2.44. The molecular weight excluding hydrogens is 314 g/mol. The van der Waals surface area contributed by atoms with E-state index in [1.54, 1.807) is 0 Å². The number of carbonyl (C=O) groups is 2. The van der Waals surface area contributed by atoms with Crippen LogP contribution in [0.15, 0.2) is 48.5 Å². The van der Waals surface area contributed by atoms with E-state index in [9.17, 15) is 9.59 Å². The average molecular weight is 332 g/mol.